The molecule has 0 aromatic heterocycles. The van der Waals surface area contributed by atoms with Gasteiger partial charge in [0.05, 0.1) is 24.8 Å². The van der Waals surface area contributed by atoms with E-state index in [1.54, 1.807) is 0 Å². The Balaban J connectivity index is 1.56. The molecular formula is C33H27FN2O7. The molecule has 0 radical (unpaired) electrons. The first kappa shape index (κ1) is 29.0. The lowest BCUT2D eigenvalue weighted by Gasteiger charge is -2.30. The molecule has 9 nitrogen and oxygen atoms in total. The highest BCUT2D eigenvalue weighted by molar-refractivity contribution is 6.15. The zero-order valence-corrected chi connectivity index (χ0v) is 23.0. The van der Waals surface area contributed by atoms with Crippen LogP contribution in [-0.4, -0.2) is 48.6 Å². The van der Waals surface area contributed by atoms with Crippen LogP contribution in [0.5, 0.6) is 5.75 Å². The number of anilines is 1. The average Bonchev–Trinajstić information content (AvgIpc) is 3.32. The fourth-order valence-electron chi connectivity index (χ4n) is 5.36. The van der Waals surface area contributed by atoms with Crippen LogP contribution in [0.3, 0.4) is 0 Å². The molecule has 0 spiro atoms. The van der Waals surface area contributed by atoms with Crippen LogP contribution in [0.25, 0.3) is 11.1 Å². The molecule has 0 bridgehead atoms. The first-order valence-corrected chi connectivity index (χ1v) is 13.3. The Bertz CT molecular complexity index is 1690. The number of ketones is 1. The quantitative estimate of drug-likeness (QED) is 0.247. The number of carboxylic acids is 1. The first-order valence-electron chi connectivity index (χ1n) is 13.3. The van der Waals surface area contributed by atoms with E-state index >= 15 is 0 Å². The molecule has 4 aromatic rings. The average molecular weight is 583 g/mol. The number of ether oxygens (including phenoxy) is 2. The Morgan fingerprint density at radius 3 is 2.14 bits per heavy atom. The van der Waals surface area contributed by atoms with Crippen molar-refractivity contribution in [2.75, 3.05) is 18.6 Å². The normalized spacial score (nSPS) is 12.5. The van der Waals surface area contributed by atoms with Crippen LogP contribution < -0.4 is 15.4 Å². The molecule has 0 saturated carbocycles. The summed E-state index contributed by atoms with van der Waals surface area (Å²) in [6.07, 6.45) is -1.95. The van der Waals surface area contributed by atoms with Gasteiger partial charge in [-0.1, -0.05) is 60.7 Å². The molecular weight excluding hydrogens is 555 g/mol. The molecule has 0 unspecified atom stereocenters. The SMILES string of the molecule is COc1ccc(N(C(=O)OCC2c3ccccc3-c3ccccc32)[C@@H](CC(=O)O)C(N)=O)c(C(=O)c2cccc(F)c2)c1. The van der Waals surface area contributed by atoms with Gasteiger partial charge >= 0.3 is 12.1 Å². The van der Waals surface area contributed by atoms with Crippen molar-refractivity contribution in [3.8, 4) is 16.9 Å². The Labute approximate surface area is 246 Å². The van der Waals surface area contributed by atoms with Gasteiger partial charge in [0.1, 0.15) is 24.2 Å². The molecule has 1 aliphatic carbocycles. The van der Waals surface area contributed by atoms with Gasteiger partial charge in [-0.05, 0) is 52.6 Å². The van der Waals surface area contributed by atoms with Gasteiger partial charge in [0.25, 0.3) is 0 Å². The zero-order chi connectivity index (χ0) is 30.7. The maximum Gasteiger partial charge on any atom is 0.415 e. The molecule has 1 atom stereocenters. The molecule has 2 amide bonds. The van der Waals surface area contributed by atoms with Crippen LogP contribution >= 0.6 is 0 Å². The van der Waals surface area contributed by atoms with E-state index < -0.39 is 42.0 Å². The molecule has 3 N–H and O–H groups in total. The van der Waals surface area contributed by atoms with E-state index in [0.29, 0.717) is 0 Å². The molecule has 218 valence electrons. The molecule has 1 aliphatic rings. The molecule has 0 aliphatic heterocycles. The van der Waals surface area contributed by atoms with Gasteiger partial charge in [0.15, 0.2) is 5.78 Å². The van der Waals surface area contributed by atoms with Crippen molar-refractivity contribution in [2.45, 2.75) is 18.4 Å². The largest absolute Gasteiger partial charge is 0.497 e. The third-order valence-corrected chi connectivity index (χ3v) is 7.34. The van der Waals surface area contributed by atoms with Gasteiger partial charge in [0.2, 0.25) is 5.91 Å². The summed E-state index contributed by atoms with van der Waals surface area (Å²) in [6.45, 7) is -0.148. The van der Waals surface area contributed by atoms with E-state index in [-0.39, 0.29) is 35.1 Å². The Kier molecular flexibility index (Phi) is 8.20. The van der Waals surface area contributed by atoms with Crippen molar-refractivity contribution in [1.82, 2.24) is 0 Å². The first-order chi connectivity index (χ1) is 20.7. The second kappa shape index (κ2) is 12.2. The fraction of sp³-hybridized carbons (Fsp3) is 0.152. The number of primary amides is 1. The van der Waals surface area contributed by atoms with Gasteiger partial charge < -0.3 is 20.3 Å². The number of carbonyl (C=O) groups excluding carboxylic acids is 3. The number of nitrogens with two attached hydrogens (primary N) is 1. The summed E-state index contributed by atoms with van der Waals surface area (Å²) in [7, 11) is 1.37. The highest BCUT2D eigenvalue weighted by atomic mass is 19.1. The minimum Gasteiger partial charge on any atom is -0.497 e. The zero-order valence-electron chi connectivity index (χ0n) is 23.0. The topological polar surface area (TPSA) is 136 Å². The number of fused-ring (bicyclic) bond motifs is 3. The van der Waals surface area contributed by atoms with Crippen LogP contribution in [0.2, 0.25) is 0 Å². The van der Waals surface area contributed by atoms with Gasteiger partial charge in [0, 0.05) is 11.5 Å². The lowest BCUT2D eigenvalue weighted by atomic mass is 9.98. The predicted molar refractivity (Wildman–Crippen MR) is 156 cm³/mol. The van der Waals surface area contributed by atoms with Crippen molar-refractivity contribution in [3.63, 3.8) is 0 Å². The van der Waals surface area contributed by atoms with E-state index in [4.69, 9.17) is 15.2 Å². The Hall–Kier alpha value is -5.51. The number of amides is 2. The predicted octanol–water partition coefficient (Wildman–Crippen LogP) is 5.15. The van der Waals surface area contributed by atoms with Gasteiger partial charge in [-0.2, -0.15) is 0 Å². The summed E-state index contributed by atoms with van der Waals surface area (Å²) in [5, 5.41) is 9.59. The number of methoxy groups -OCH3 is 1. The Morgan fingerprint density at radius 2 is 1.56 bits per heavy atom. The number of halogens is 1. The summed E-state index contributed by atoms with van der Waals surface area (Å²) in [5.74, 6) is -4.02. The van der Waals surface area contributed by atoms with Crippen LogP contribution in [-0.2, 0) is 14.3 Å². The van der Waals surface area contributed by atoms with Crippen LogP contribution in [0.1, 0.15) is 39.4 Å². The minimum atomic E-state index is -1.72. The third-order valence-electron chi connectivity index (χ3n) is 7.34. The molecule has 0 saturated heterocycles. The lowest BCUT2D eigenvalue weighted by molar-refractivity contribution is -0.139. The van der Waals surface area contributed by atoms with Gasteiger partial charge in [-0.15, -0.1) is 0 Å². The molecule has 0 fully saturated rings. The van der Waals surface area contributed by atoms with Crippen LogP contribution in [0.4, 0.5) is 14.9 Å². The summed E-state index contributed by atoms with van der Waals surface area (Å²) in [4.78, 5) is 52.7. The number of hydrogen-bond acceptors (Lipinski definition) is 6. The number of hydrogen-bond donors (Lipinski definition) is 2. The summed E-state index contributed by atoms with van der Waals surface area (Å²) >= 11 is 0. The van der Waals surface area contributed by atoms with E-state index in [2.05, 4.69) is 0 Å². The van der Waals surface area contributed by atoms with Crippen LogP contribution in [0.15, 0.2) is 91.0 Å². The smallest absolute Gasteiger partial charge is 0.415 e. The minimum absolute atomic E-state index is 0.0455. The summed E-state index contributed by atoms with van der Waals surface area (Å²) in [5.41, 5.74) is 9.11. The van der Waals surface area contributed by atoms with Crippen molar-refractivity contribution in [1.29, 1.82) is 0 Å². The number of aliphatic carboxylic acids is 1. The highest BCUT2D eigenvalue weighted by Crippen LogP contribution is 2.44. The second-order valence-electron chi connectivity index (χ2n) is 9.91. The Morgan fingerprint density at radius 1 is 0.907 bits per heavy atom. The lowest BCUT2D eigenvalue weighted by Crippen LogP contribution is -2.50. The molecule has 0 heterocycles. The number of nitrogens with zero attached hydrogens (tertiary/aromatic N) is 1. The van der Waals surface area contributed by atoms with E-state index in [9.17, 15) is 28.7 Å². The van der Waals surface area contributed by atoms with Crippen molar-refractivity contribution >= 4 is 29.4 Å². The summed E-state index contributed by atoms with van der Waals surface area (Å²) in [6, 6.07) is 22.7. The molecule has 10 heteroatoms. The standard InChI is InChI=1S/C33H27FN2O7/c1-42-21-13-14-28(26(16-21)31(39)19-7-6-8-20(34)15-19)36(29(32(35)40)17-30(37)38)33(41)43-18-27-24-11-4-2-9-22(24)23-10-3-5-12-25(23)27/h2-16,27,29H,17-18H2,1H3,(H2,35,40)(H,37,38)/t29-/m0/s1. The second-order valence-corrected chi connectivity index (χ2v) is 9.91. The maximum atomic E-state index is 14.0. The van der Waals surface area contributed by atoms with E-state index in [1.165, 1.54) is 43.5 Å². The number of rotatable bonds is 10. The maximum absolute atomic E-state index is 14.0. The molecule has 5 rings (SSSR count). The van der Waals surface area contributed by atoms with E-state index in [1.807, 2.05) is 48.5 Å². The van der Waals surface area contributed by atoms with Gasteiger partial charge in [-0.25, -0.2) is 9.18 Å². The fourth-order valence-corrected chi connectivity index (χ4v) is 5.36. The van der Waals surface area contributed by atoms with E-state index in [0.717, 1.165) is 33.2 Å². The third kappa shape index (κ3) is 5.80. The monoisotopic (exact) mass is 582 g/mol. The van der Waals surface area contributed by atoms with Gasteiger partial charge in [-0.3, -0.25) is 19.3 Å². The molecule has 43 heavy (non-hydrogen) atoms. The van der Waals surface area contributed by atoms with Crippen LogP contribution in [0, 0.1) is 5.82 Å². The van der Waals surface area contributed by atoms with Crippen molar-refractivity contribution in [3.05, 3.63) is 119 Å². The highest BCUT2D eigenvalue weighted by Gasteiger charge is 2.37. The number of carboxylic acid groups (broad SMARTS) is 1. The number of carbonyl (C=O) groups is 4. The van der Waals surface area contributed by atoms with Crippen molar-refractivity contribution in [2.24, 2.45) is 5.73 Å². The molecule has 4 aromatic carbocycles. The summed E-state index contributed by atoms with van der Waals surface area (Å²) < 4.78 is 25.1. The number of benzene rings is 4. The van der Waals surface area contributed by atoms with Crippen molar-refractivity contribution < 1.29 is 38.1 Å².